The van der Waals surface area contributed by atoms with Gasteiger partial charge in [0.2, 0.25) is 0 Å². The fourth-order valence-electron chi connectivity index (χ4n) is 0.887. The van der Waals surface area contributed by atoms with Gasteiger partial charge in [0.15, 0.2) is 0 Å². The van der Waals surface area contributed by atoms with Gasteiger partial charge in [-0.3, -0.25) is 0 Å². The van der Waals surface area contributed by atoms with Gasteiger partial charge in [-0.25, -0.2) is 0 Å². The van der Waals surface area contributed by atoms with Gasteiger partial charge in [-0.05, 0) is 0 Å². The molecule has 0 saturated carbocycles. The van der Waals surface area contributed by atoms with Crippen LogP contribution in [0.2, 0.25) is 4.47 Å². The minimum absolute atomic E-state index is 0.732. The predicted octanol–water partition coefficient (Wildman–Crippen LogP) is 2.11. The summed E-state index contributed by atoms with van der Waals surface area (Å²) in [5, 5.41) is 0. The molecule has 0 bridgehead atoms. The topological polar surface area (TPSA) is 0 Å². The van der Waals surface area contributed by atoms with Crippen molar-refractivity contribution in [3.8, 4) is 0 Å². The van der Waals surface area contributed by atoms with Gasteiger partial charge in [0.05, 0.1) is 0 Å². The fourth-order valence-corrected chi connectivity index (χ4v) is 1.49. The molecule has 1 unspecified atom stereocenters. The van der Waals surface area contributed by atoms with Gasteiger partial charge in [-0.1, -0.05) is 0 Å². The first-order chi connectivity index (χ1) is 4.84. The molecule has 1 rings (SSSR count). The van der Waals surface area contributed by atoms with Crippen molar-refractivity contribution in [3.63, 3.8) is 0 Å². The summed E-state index contributed by atoms with van der Waals surface area (Å²) < 4.78 is 1.28. The van der Waals surface area contributed by atoms with Crippen molar-refractivity contribution in [1.82, 2.24) is 0 Å². The second-order valence-electron chi connectivity index (χ2n) is 2.49. The van der Waals surface area contributed by atoms with Crippen LogP contribution in [-0.4, -0.2) is 22.3 Å². The molecule has 0 aliphatic carbocycles. The van der Waals surface area contributed by atoms with Crippen LogP contribution >= 0.6 is 0 Å². The molecule has 0 amide bonds. The van der Waals surface area contributed by atoms with Crippen LogP contribution in [0.1, 0.15) is 18.4 Å². The second kappa shape index (κ2) is 4.01. The Bertz CT molecular complexity index is 181. The van der Waals surface area contributed by atoms with Crippen molar-refractivity contribution in [3.05, 3.63) is 35.9 Å². The average molecular weight is 248 g/mol. The van der Waals surface area contributed by atoms with E-state index in [0.29, 0.717) is 0 Å². The van der Waals surface area contributed by atoms with Crippen LogP contribution in [0.4, 0.5) is 0 Å². The maximum absolute atomic E-state index is 2.27. The monoisotopic (exact) mass is 250 g/mol. The summed E-state index contributed by atoms with van der Waals surface area (Å²) in [6.07, 6.45) is 0. The van der Waals surface area contributed by atoms with Gasteiger partial charge in [-0.15, -0.1) is 0 Å². The normalized spacial score (nSPS) is 13.0. The van der Waals surface area contributed by atoms with E-state index in [4.69, 9.17) is 0 Å². The summed E-state index contributed by atoms with van der Waals surface area (Å²) in [4.78, 5) is 0. The molecule has 0 aliphatic rings. The third-order valence-electron chi connectivity index (χ3n) is 1.64. The SMILES string of the molecule is CC(C[TeH])c1ccccc1. The molecule has 0 fully saturated rings. The molecule has 1 heteroatoms. The van der Waals surface area contributed by atoms with Gasteiger partial charge in [0.25, 0.3) is 0 Å². The molecule has 1 atom stereocenters. The average Bonchev–Trinajstić information content (AvgIpc) is 2.05. The first-order valence-corrected chi connectivity index (χ1v) is 5.31. The molecule has 0 N–H and O–H groups in total. The summed E-state index contributed by atoms with van der Waals surface area (Å²) in [5.41, 5.74) is 1.46. The molecule has 0 saturated heterocycles. The predicted molar refractivity (Wildman–Crippen MR) is 46.8 cm³/mol. The van der Waals surface area contributed by atoms with Crippen LogP contribution in [0.3, 0.4) is 0 Å². The standard InChI is InChI=1S/C9H12Te/c1-8(7-10)9-5-3-2-4-6-9/h2-6,8,10H,7H2,1H3. The summed E-state index contributed by atoms with van der Waals surface area (Å²) in [7, 11) is 0. The van der Waals surface area contributed by atoms with Crippen LogP contribution in [0.25, 0.3) is 0 Å². The molecule has 0 aromatic heterocycles. The fraction of sp³-hybridized carbons (Fsp3) is 0.333. The van der Waals surface area contributed by atoms with E-state index in [2.05, 4.69) is 37.3 Å². The van der Waals surface area contributed by atoms with Gasteiger partial charge < -0.3 is 0 Å². The third-order valence-corrected chi connectivity index (χ3v) is 3.21. The molecule has 0 heterocycles. The first kappa shape index (κ1) is 8.11. The number of hydrogen-bond acceptors (Lipinski definition) is 0. The molecule has 0 radical (unpaired) electrons. The molecule has 10 heavy (non-hydrogen) atoms. The van der Waals surface area contributed by atoms with Crippen LogP contribution in [0.15, 0.2) is 30.3 Å². The van der Waals surface area contributed by atoms with Crippen molar-refractivity contribution in [2.45, 2.75) is 17.3 Å². The van der Waals surface area contributed by atoms with Crippen LogP contribution in [-0.2, 0) is 0 Å². The van der Waals surface area contributed by atoms with Crippen molar-refractivity contribution in [1.29, 1.82) is 0 Å². The minimum atomic E-state index is 0.732. The summed E-state index contributed by atoms with van der Waals surface area (Å²) in [6, 6.07) is 10.7. The Morgan fingerprint density at radius 2 is 1.90 bits per heavy atom. The molecule has 0 nitrogen and oxygen atoms in total. The van der Waals surface area contributed by atoms with Crippen molar-refractivity contribution >= 4 is 22.3 Å². The summed E-state index contributed by atoms with van der Waals surface area (Å²) >= 11 is 1.89. The molecule has 0 spiro atoms. The number of benzene rings is 1. The Morgan fingerprint density at radius 1 is 1.30 bits per heavy atom. The van der Waals surface area contributed by atoms with E-state index in [1.807, 2.05) is 22.3 Å². The Kier molecular flexibility index (Phi) is 3.25. The maximum atomic E-state index is 2.27. The van der Waals surface area contributed by atoms with Crippen molar-refractivity contribution < 1.29 is 0 Å². The van der Waals surface area contributed by atoms with Crippen LogP contribution in [0.5, 0.6) is 0 Å². The van der Waals surface area contributed by atoms with Gasteiger partial charge in [0, 0.05) is 0 Å². The van der Waals surface area contributed by atoms with E-state index in [1.54, 1.807) is 0 Å². The zero-order chi connectivity index (χ0) is 7.40. The molecular weight excluding hydrogens is 236 g/mol. The van der Waals surface area contributed by atoms with Crippen molar-refractivity contribution in [2.24, 2.45) is 0 Å². The van der Waals surface area contributed by atoms with E-state index in [1.165, 1.54) is 10.0 Å². The van der Waals surface area contributed by atoms with E-state index >= 15 is 0 Å². The van der Waals surface area contributed by atoms with Gasteiger partial charge in [-0.2, -0.15) is 0 Å². The Labute approximate surface area is 75.6 Å². The summed E-state index contributed by atoms with van der Waals surface area (Å²) in [5.74, 6) is 0.732. The molecule has 1 aromatic carbocycles. The second-order valence-corrected chi connectivity index (χ2v) is 3.54. The Balaban J connectivity index is 2.75. The van der Waals surface area contributed by atoms with Gasteiger partial charge in [0.1, 0.15) is 0 Å². The molecule has 1 aromatic rings. The molecular formula is C9H12Te. The van der Waals surface area contributed by atoms with Crippen LogP contribution in [0, 0.1) is 0 Å². The van der Waals surface area contributed by atoms with E-state index in [0.717, 1.165) is 5.92 Å². The third kappa shape index (κ3) is 2.01. The van der Waals surface area contributed by atoms with Crippen LogP contribution < -0.4 is 0 Å². The van der Waals surface area contributed by atoms with E-state index in [9.17, 15) is 0 Å². The Hall–Kier alpha value is 0.00961. The number of rotatable bonds is 2. The first-order valence-electron chi connectivity index (χ1n) is 3.50. The molecule has 54 valence electrons. The molecule has 0 aliphatic heterocycles. The Morgan fingerprint density at radius 3 is 2.40 bits per heavy atom. The summed E-state index contributed by atoms with van der Waals surface area (Å²) in [6.45, 7) is 2.27. The zero-order valence-corrected chi connectivity index (χ0v) is 8.67. The van der Waals surface area contributed by atoms with Gasteiger partial charge >= 0.3 is 75.5 Å². The van der Waals surface area contributed by atoms with E-state index < -0.39 is 0 Å². The quantitative estimate of drug-likeness (QED) is 0.703. The number of hydrogen-bond donors (Lipinski definition) is 0. The zero-order valence-electron chi connectivity index (χ0n) is 6.12. The van der Waals surface area contributed by atoms with Crippen molar-refractivity contribution in [2.75, 3.05) is 0 Å². The van der Waals surface area contributed by atoms with E-state index in [-0.39, 0.29) is 0 Å².